The lowest BCUT2D eigenvalue weighted by Gasteiger charge is -2.32. The van der Waals surface area contributed by atoms with Gasteiger partial charge in [-0.1, -0.05) is 6.07 Å². The van der Waals surface area contributed by atoms with Gasteiger partial charge in [-0.15, -0.1) is 0 Å². The molecule has 5 heteroatoms. The standard InChI is InChI=1S/C16H23BrN2O2/c1-16(2,3)15(20)21-14(11-6-8-18-9-7-11)12-4-5-13(17)19-10-12/h4-5,10-11,14,18H,6-9H2,1-3H3. The van der Waals surface area contributed by atoms with Crippen molar-refractivity contribution in [3.63, 3.8) is 0 Å². The Morgan fingerprint density at radius 3 is 2.57 bits per heavy atom. The van der Waals surface area contributed by atoms with E-state index in [1.165, 1.54) is 0 Å². The number of carbonyl (C=O) groups is 1. The van der Waals surface area contributed by atoms with Gasteiger partial charge in [-0.3, -0.25) is 4.79 Å². The van der Waals surface area contributed by atoms with Crippen LogP contribution in [0, 0.1) is 11.3 Å². The van der Waals surface area contributed by atoms with Gasteiger partial charge in [-0.2, -0.15) is 0 Å². The topological polar surface area (TPSA) is 51.2 Å². The zero-order chi connectivity index (χ0) is 15.5. The van der Waals surface area contributed by atoms with Crippen molar-refractivity contribution in [1.82, 2.24) is 10.3 Å². The highest BCUT2D eigenvalue weighted by Gasteiger charge is 2.32. The van der Waals surface area contributed by atoms with Crippen LogP contribution in [0.15, 0.2) is 22.9 Å². The van der Waals surface area contributed by atoms with E-state index in [1.54, 1.807) is 6.20 Å². The number of hydrogen-bond donors (Lipinski definition) is 1. The molecule has 0 amide bonds. The summed E-state index contributed by atoms with van der Waals surface area (Å²) < 4.78 is 6.65. The molecule has 1 aromatic heterocycles. The number of esters is 1. The molecule has 4 nitrogen and oxygen atoms in total. The van der Waals surface area contributed by atoms with Crippen LogP contribution in [0.4, 0.5) is 0 Å². The van der Waals surface area contributed by atoms with Gasteiger partial charge < -0.3 is 10.1 Å². The molecule has 1 aromatic rings. The fourth-order valence-electron chi connectivity index (χ4n) is 2.43. The van der Waals surface area contributed by atoms with Crippen LogP contribution in [0.1, 0.15) is 45.3 Å². The van der Waals surface area contributed by atoms with Crippen molar-refractivity contribution in [1.29, 1.82) is 0 Å². The number of nitrogens with one attached hydrogen (secondary N) is 1. The first-order valence-corrected chi connectivity index (χ1v) is 8.20. The number of hydrogen-bond acceptors (Lipinski definition) is 4. The number of piperidine rings is 1. The molecule has 0 aromatic carbocycles. The van der Waals surface area contributed by atoms with Crippen molar-refractivity contribution in [2.75, 3.05) is 13.1 Å². The molecule has 1 atom stereocenters. The van der Waals surface area contributed by atoms with Crippen LogP contribution in [0.2, 0.25) is 0 Å². The monoisotopic (exact) mass is 354 g/mol. The van der Waals surface area contributed by atoms with Crippen LogP contribution >= 0.6 is 15.9 Å². The van der Waals surface area contributed by atoms with Gasteiger partial charge in [0.15, 0.2) is 0 Å². The van der Waals surface area contributed by atoms with Gasteiger partial charge in [0.2, 0.25) is 0 Å². The third-order valence-electron chi connectivity index (χ3n) is 3.74. The van der Waals surface area contributed by atoms with E-state index in [2.05, 4.69) is 26.2 Å². The summed E-state index contributed by atoms with van der Waals surface area (Å²) in [5.41, 5.74) is 0.483. The summed E-state index contributed by atoms with van der Waals surface area (Å²) in [5.74, 6) is 0.189. The molecule has 1 aliphatic heterocycles. The minimum absolute atomic E-state index is 0.158. The van der Waals surface area contributed by atoms with Crippen LogP contribution in [0.3, 0.4) is 0 Å². The summed E-state index contributed by atoms with van der Waals surface area (Å²) in [4.78, 5) is 16.6. The number of nitrogens with zero attached hydrogens (tertiary/aromatic N) is 1. The number of halogens is 1. The third-order valence-corrected chi connectivity index (χ3v) is 4.21. The average Bonchev–Trinajstić information content (AvgIpc) is 2.45. The van der Waals surface area contributed by atoms with Crippen LogP contribution in [-0.4, -0.2) is 24.0 Å². The molecule has 1 N–H and O–H groups in total. The first-order chi connectivity index (χ1) is 9.88. The quantitative estimate of drug-likeness (QED) is 0.666. The highest BCUT2D eigenvalue weighted by Crippen LogP contribution is 2.34. The molecule has 1 aliphatic rings. The third kappa shape index (κ3) is 4.51. The molecule has 116 valence electrons. The Kier molecular flexibility index (Phi) is 5.38. The Hall–Kier alpha value is -0.940. The SMILES string of the molecule is CC(C)(C)C(=O)OC(c1ccc(Br)nc1)C1CCNCC1. The second kappa shape index (κ2) is 6.88. The van der Waals surface area contributed by atoms with E-state index in [0.29, 0.717) is 5.92 Å². The predicted molar refractivity (Wildman–Crippen MR) is 85.8 cm³/mol. The number of pyridine rings is 1. The fraction of sp³-hybridized carbons (Fsp3) is 0.625. The lowest BCUT2D eigenvalue weighted by Crippen LogP contribution is -2.34. The molecule has 0 bridgehead atoms. The number of aromatic nitrogens is 1. The molecule has 1 unspecified atom stereocenters. The lowest BCUT2D eigenvalue weighted by atomic mass is 9.88. The summed E-state index contributed by atoms with van der Waals surface area (Å²) in [7, 11) is 0. The van der Waals surface area contributed by atoms with E-state index < -0.39 is 5.41 Å². The maximum atomic E-state index is 12.3. The summed E-state index contributed by atoms with van der Waals surface area (Å²) >= 11 is 3.34. The molecule has 2 rings (SSSR count). The predicted octanol–water partition coefficient (Wildman–Crippen LogP) is 3.47. The van der Waals surface area contributed by atoms with Crippen LogP contribution in [0.5, 0.6) is 0 Å². The first-order valence-electron chi connectivity index (χ1n) is 7.41. The Bertz CT molecular complexity index is 476. The van der Waals surface area contributed by atoms with E-state index in [4.69, 9.17) is 4.74 Å². The number of ether oxygens (including phenoxy) is 1. The second-order valence-corrected chi connectivity index (χ2v) is 7.39. The van der Waals surface area contributed by atoms with Gasteiger partial charge in [0.05, 0.1) is 5.41 Å². The van der Waals surface area contributed by atoms with Crippen molar-refractivity contribution in [2.45, 2.75) is 39.7 Å². The van der Waals surface area contributed by atoms with E-state index in [9.17, 15) is 4.79 Å². The van der Waals surface area contributed by atoms with Crippen molar-refractivity contribution >= 4 is 21.9 Å². The van der Waals surface area contributed by atoms with E-state index in [-0.39, 0.29) is 12.1 Å². The van der Waals surface area contributed by atoms with Crippen molar-refractivity contribution < 1.29 is 9.53 Å². The molecule has 21 heavy (non-hydrogen) atoms. The van der Waals surface area contributed by atoms with E-state index in [1.807, 2.05) is 32.9 Å². The summed E-state index contributed by atoms with van der Waals surface area (Å²) in [5, 5.41) is 3.35. The van der Waals surface area contributed by atoms with E-state index >= 15 is 0 Å². The van der Waals surface area contributed by atoms with Gasteiger partial charge in [-0.05, 0) is 68.7 Å². The van der Waals surface area contributed by atoms with Crippen molar-refractivity contribution in [3.05, 3.63) is 28.5 Å². The van der Waals surface area contributed by atoms with Gasteiger partial charge in [-0.25, -0.2) is 4.98 Å². The maximum absolute atomic E-state index is 12.3. The molecule has 0 radical (unpaired) electrons. The number of rotatable bonds is 3. The molecule has 2 heterocycles. The van der Waals surface area contributed by atoms with E-state index in [0.717, 1.165) is 36.1 Å². The van der Waals surface area contributed by atoms with Crippen LogP contribution < -0.4 is 5.32 Å². The average molecular weight is 355 g/mol. The first kappa shape index (κ1) is 16.4. The Morgan fingerprint density at radius 2 is 2.05 bits per heavy atom. The summed E-state index contributed by atoms with van der Waals surface area (Å²) in [6.07, 6.45) is 3.61. The molecular weight excluding hydrogens is 332 g/mol. The summed E-state index contributed by atoms with van der Waals surface area (Å²) in [6.45, 7) is 7.59. The minimum atomic E-state index is -0.492. The maximum Gasteiger partial charge on any atom is 0.311 e. The van der Waals surface area contributed by atoms with Gasteiger partial charge in [0, 0.05) is 17.7 Å². The molecular formula is C16H23BrN2O2. The zero-order valence-corrected chi connectivity index (χ0v) is 14.4. The minimum Gasteiger partial charge on any atom is -0.457 e. The van der Waals surface area contributed by atoms with Crippen molar-refractivity contribution in [2.24, 2.45) is 11.3 Å². The molecule has 0 aliphatic carbocycles. The molecule has 0 saturated carbocycles. The van der Waals surface area contributed by atoms with Gasteiger partial charge in [0.25, 0.3) is 0 Å². The van der Waals surface area contributed by atoms with Crippen molar-refractivity contribution in [3.8, 4) is 0 Å². The smallest absolute Gasteiger partial charge is 0.311 e. The zero-order valence-electron chi connectivity index (χ0n) is 12.9. The normalized spacial score (nSPS) is 18.3. The fourth-order valence-corrected chi connectivity index (χ4v) is 2.67. The Morgan fingerprint density at radius 1 is 1.38 bits per heavy atom. The highest BCUT2D eigenvalue weighted by molar-refractivity contribution is 9.10. The second-order valence-electron chi connectivity index (χ2n) is 6.58. The van der Waals surface area contributed by atoms with Crippen LogP contribution in [0.25, 0.3) is 0 Å². The summed E-state index contributed by atoms with van der Waals surface area (Å²) in [6, 6.07) is 3.88. The number of carbonyl (C=O) groups excluding carboxylic acids is 1. The Labute approximate surface area is 134 Å². The largest absolute Gasteiger partial charge is 0.457 e. The van der Waals surface area contributed by atoms with Gasteiger partial charge >= 0.3 is 5.97 Å². The highest BCUT2D eigenvalue weighted by atomic mass is 79.9. The Balaban J connectivity index is 2.21. The van der Waals surface area contributed by atoms with Crippen LogP contribution in [-0.2, 0) is 9.53 Å². The molecule has 1 saturated heterocycles. The van der Waals surface area contributed by atoms with Gasteiger partial charge in [0.1, 0.15) is 10.7 Å². The molecule has 0 spiro atoms. The lowest BCUT2D eigenvalue weighted by molar-refractivity contribution is -0.162. The molecule has 1 fully saturated rings.